The Hall–Kier alpha value is -0.650. The van der Waals surface area contributed by atoms with Crippen molar-refractivity contribution in [1.82, 2.24) is 9.13 Å². The van der Waals surface area contributed by atoms with E-state index >= 15 is 0 Å². The number of unbranched alkanes of at least 4 members (excludes halogenated alkanes) is 3. The zero-order valence-electron chi connectivity index (χ0n) is 11.6. The molecule has 1 aromatic heterocycles. The number of imidazole rings is 1. The van der Waals surface area contributed by atoms with Crippen molar-refractivity contribution in [3.05, 3.63) is 35.1 Å². The van der Waals surface area contributed by atoms with Crippen LogP contribution in [0.2, 0.25) is 0 Å². The van der Waals surface area contributed by atoms with Crippen molar-refractivity contribution in [3.63, 3.8) is 0 Å². The second kappa shape index (κ2) is 7.38. The molecule has 0 spiro atoms. The van der Waals surface area contributed by atoms with Crippen molar-refractivity contribution in [3.8, 4) is 5.69 Å². The fourth-order valence-corrected chi connectivity index (χ4v) is 3.37. The summed E-state index contributed by atoms with van der Waals surface area (Å²) in [5.41, 5.74) is 1.03. The number of para-hydroxylation sites is 1. The van der Waals surface area contributed by atoms with Gasteiger partial charge in [-0.3, -0.25) is 4.57 Å². The minimum Gasteiger partial charge on any atom is -0.311 e. The quantitative estimate of drug-likeness (QED) is 0.424. The molecule has 0 aliphatic carbocycles. The first-order chi connectivity index (χ1) is 9.66. The number of aromatic nitrogens is 2. The van der Waals surface area contributed by atoms with Gasteiger partial charge in [-0.05, 0) is 30.8 Å². The topological polar surface area (TPSA) is 9.86 Å². The van der Waals surface area contributed by atoms with Crippen molar-refractivity contribution in [2.24, 2.45) is 0 Å². The molecule has 0 unspecified atom stereocenters. The number of benzene rings is 1. The Morgan fingerprint density at radius 3 is 2.35 bits per heavy atom. The molecule has 1 aromatic carbocycles. The molecule has 0 aliphatic rings. The second-order valence-electron chi connectivity index (χ2n) is 4.81. The molecule has 0 saturated carbocycles. The van der Waals surface area contributed by atoms with E-state index in [1.165, 1.54) is 19.3 Å². The molecule has 2 nitrogen and oxygen atoms in total. The molecule has 0 bridgehead atoms. The van der Waals surface area contributed by atoms with Crippen molar-refractivity contribution in [2.75, 3.05) is 0 Å². The molecule has 0 aliphatic heterocycles. The SMILES string of the molecule is CCCCCCn1c(S)c(S)n(-c2ccccc2)c1=S. The summed E-state index contributed by atoms with van der Waals surface area (Å²) < 4.78 is 4.81. The van der Waals surface area contributed by atoms with Crippen LogP contribution in [0.15, 0.2) is 40.4 Å². The van der Waals surface area contributed by atoms with E-state index in [1.54, 1.807) is 0 Å². The number of hydrogen-bond donors (Lipinski definition) is 2. The summed E-state index contributed by atoms with van der Waals surface area (Å²) in [7, 11) is 0. The van der Waals surface area contributed by atoms with E-state index in [4.69, 9.17) is 12.2 Å². The predicted molar refractivity (Wildman–Crippen MR) is 93.2 cm³/mol. The average molecular weight is 325 g/mol. The normalized spacial score (nSPS) is 10.9. The lowest BCUT2D eigenvalue weighted by Crippen LogP contribution is -2.01. The monoisotopic (exact) mass is 324 g/mol. The van der Waals surface area contributed by atoms with E-state index in [0.29, 0.717) is 0 Å². The molecule has 0 atom stereocenters. The Balaban J connectivity index is 2.30. The van der Waals surface area contributed by atoms with E-state index in [1.807, 2.05) is 34.9 Å². The molecule has 0 radical (unpaired) electrons. The lowest BCUT2D eigenvalue weighted by Gasteiger charge is -2.05. The highest BCUT2D eigenvalue weighted by atomic mass is 32.1. The Bertz CT molecular complexity index is 614. The van der Waals surface area contributed by atoms with Crippen LogP contribution < -0.4 is 0 Å². The standard InChI is InChI=1S/C15H20N2S3/c1-2-3-4-8-11-16-13(18)14(19)17(15(16)20)12-9-6-5-7-10-12/h5-7,9-10,18-19H,2-4,8,11H2,1H3. The maximum Gasteiger partial charge on any atom is 0.186 e. The summed E-state index contributed by atoms with van der Waals surface area (Å²) in [4.78, 5) is 0. The van der Waals surface area contributed by atoms with Gasteiger partial charge < -0.3 is 4.57 Å². The predicted octanol–water partition coefficient (Wildman–Crippen LogP) is 5.17. The van der Waals surface area contributed by atoms with Gasteiger partial charge in [0.05, 0.1) is 0 Å². The molecule has 0 amide bonds. The van der Waals surface area contributed by atoms with Gasteiger partial charge in [-0.25, -0.2) is 0 Å². The first-order valence-corrected chi connectivity index (χ1v) is 8.26. The van der Waals surface area contributed by atoms with E-state index in [-0.39, 0.29) is 0 Å². The average Bonchev–Trinajstić information content (AvgIpc) is 2.67. The van der Waals surface area contributed by atoms with E-state index in [2.05, 4.69) is 36.7 Å². The van der Waals surface area contributed by atoms with Crippen LogP contribution in [0, 0.1) is 4.77 Å². The van der Waals surface area contributed by atoms with Gasteiger partial charge in [0.2, 0.25) is 0 Å². The van der Waals surface area contributed by atoms with Crippen LogP contribution in [0.5, 0.6) is 0 Å². The zero-order chi connectivity index (χ0) is 14.5. The summed E-state index contributed by atoms with van der Waals surface area (Å²) in [6, 6.07) is 10.1. The van der Waals surface area contributed by atoms with Crippen molar-refractivity contribution >= 4 is 37.5 Å². The Labute approximate surface area is 136 Å². The van der Waals surface area contributed by atoms with Gasteiger partial charge in [-0.1, -0.05) is 44.4 Å². The summed E-state index contributed by atoms with van der Waals surface area (Å²) in [5.74, 6) is 0. The molecule has 0 fully saturated rings. The van der Waals surface area contributed by atoms with Gasteiger partial charge in [0.15, 0.2) is 4.77 Å². The highest BCUT2D eigenvalue weighted by Crippen LogP contribution is 2.26. The molecule has 108 valence electrons. The highest BCUT2D eigenvalue weighted by molar-refractivity contribution is 7.83. The minimum atomic E-state index is 0.766. The molecule has 5 heteroatoms. The minimum absolute atomic E-state index is 0.766. The molecule has 0 saturated heterocycles. The van der Waals surface area contributed by atoms with Crippen molar-refractivity contribution in [1.29, 1.82) is 0 Å². The fourth-order valence-electron chi connectivity index (χ4n) is 2.23. The molecule has 2 aromatic rings. The molecular formula is C15H20N2S3. The van der Waals surface area contributed by atoms with Crippen LogP contribution in [-0.4, -0.2) is 9.13 Å². The van der Waals surface area contributed by atoms with E-state index in [0.717, 1.165) is 33.5 Å². The Morgan fingerprint density at radius 2 is 1.70 bits per heavy atom. The van der Waals surface area contributed by atoms with Crippen molar-refractivity contribution < 1.29 is 0 Å². The van der Waals surface area contributed by atoms with Gasteiger partial charge in [-0.2, -0.15) is 0 Å². The Kier molecular flexibility index (Phi) is 5.81. The summed E-state index contributed by atoms with van der Waals surface area (Å²) in [6.07, 6.45) is 4.86. The van der Waals surface area contributed by atoms with Gasteiger partial charge in [0.1, 0.15) is 10.1 Å². The number of thiol groups is 2. The molecule has 1 heterocycles. The van der Waals surface area contributed by atoms with Gasteiger partial charge >= 0.3 is 0 Å². The summed E-state index contributed by atoms with van der Waals surface area (Å²) >= 11 is 14.7. The lowest BCUT2D eigenvalue weighted by molar-refractivity contribution is 0.551. The van der Waals surface area contributed by atoms with Crippen LogP contribution in [0.3, 0.4) is 0 Å². The third kappa shape index (κ3) is 3.32. The largest absolute Gasteiger partial charge is 0.311 e. The molecule has 20 heavy (non-hydrogen) atoms. The summed E-state index contributed by atoms with van der Waals surface area (Å²) in [6.45, 7) is 3.12. The highest BCUT2D eigenvalue weighted by Gasteiger charge is 2.13. The first-order valence-electron chi connectivity index (χ1n) is 6.95. The lowest BCUT2D eigenvalue weighted by atomic mass is 10.2. The maximum atomic E-state index is 5.59. The molecule has 0 N–H and O–H groups in total. The van der Waals surface area contributed by atoms with Gasteiger partial charge in [0.25, 0.3) is 0 Å². The second-order valence-corrected chi connectivity index (χ2v) is 6.03. The van der Waals surface area contributed by atoms with Crippen LogP contribution in [0.1, 0.15) is 32.6 Å². The third-order valence-corrected chi connectivity index (χ3v) is 4.78. The zero-order valence-corrected chi connectivity index (χ0v) is 14.2. The van der Waals surface area contributed by atoms with Crippen molar-refractivity contribution in [2.45, 2.75) is 49.2 Å². The van der Waals surface area contributed by atoms with Gasteiger partial charge in [0, 0.05) is 12.2 Å². The number of nitrogens with zero attached hydrogens (tertiary/aromatic N) is 2. The van der Waals surface area contributed by atoms with Crippen LogP contribution in [-0.2, 0) is 6.54 Å². The van der Waals surface area contributed by atoms with Gasteiger partial charge in [-0.15, -0.1) is 25.3 Å². The third-order valence-electron chi connectivity index (χ3n) is 3.34. The summed E-state index contributed by atoms with van der Waals surface area (Å²) in [5, 5.41) is 1.65. The number of rotatable bonds is 6. The fraction of sp³-hybridized carbons (Fsp3) is 0.400. The smallest absolute Gasteiger partial charge is 0.186 e. The number of hydrogen-bond acceptors (Lipinski definition) is 3. The molecular weight excluding hydrogens is 304 g/mol. The van der Waals surface area contributed by atoms with Crippen LogP contribution in [0.25, 0.3) is 5.69 Å². The molecule has 2 rings (SSSR count). The van der Waals surface area contributed by atoms with Crippen LogP contribution in [0.4, 0.5) is 0 Å². The van der Waals surface area contributed by atoms with E-state index in [9.17, 15) is 0 Å². The van der Waals surface area contributed by atoms with Crippen LogP contribution >= 0.6 is 37.5 Å². The van der Waals surface area contributed by atoms with E-state index < -0.39 is 0 Å². The maximum absolute atomic E-state index is 5.59. The Morgan fingerprint density at radius 1 is 1.00 bits per heavy atom. The first kappa shape index (κ1) is 15.7.